The molecular weight excluding hydrogens is 432 g/mol. The number of ether oxygens (including phenoxy) is 1. The summed E-state index contributed by atoms with van der Waals surface area (Å²) < 4.78 is 4.73. The summed E-state index contributed by atoms with van der Waals surface area (Å²) in [5, 5.41) is 0. The van der Waals surface area contributed by atoms with Crippen molar-refractivity contribution >= 4 is 63.7 Å². The topological polar surface area (TPSA) is 9.23 Å². The highest BCUT2D eigenvalue weighted by Gasteiger charge is 2.55. The summed E-state index contributed by atoms with van der Waals surface area (Å²) in [6.45, 7) is 0. The van der Waals surface area contributed by atoms with Gasteiger partial charge in [-0.3, -0.25) is 0 Å². The Balaban J connectivity index is 2.43. The summed E-state index contributed by atoms with van der Waals surface area (Å²) in [7, 11) is 0. The van der Waals surface area contributed by atoms with E-state index < -0.39 is 6.84 Å². The van der Waals surface area contributed by atoms with Gasteiger partial charge in [0.25, 0.3) is 0 Å². The standard InChI is InChI=1S/C8H6Br4O/c9-7(10)5-3-1-2-4-6(5)8(11,12)13-7/h1-3,6H,4H2. The van der Waals surface area contributed by atoms with Crippen LogP contribution in [0.5, 0.6) is 0 Å². The Morgan fingerprint density at radius 1 is 1.31 bits per heavy atom. The first-order valence-corrected chi connectivity index (χ1v) is 6.94. The van der Waals surface area contributed by atoms with E-state index in [0.29, 0.717) is 5.92 Å². The highest BCUT2D eigenvalue weighted by atomic mass is 79.9. The van der Waals surface area contributed by atoms with Crippen molar-refractivity contribution in [2.24, 2.45) is 5.92 Å². The van der Waals surface area contributed by atoms with Crippen LogP contribution in [0.3, 0.4) is 0 Å². The molecule has 0 aromatic carbocycles. The maximum atomic E-state index is 5.74. The number of alkyl halides is 4. The zero-order valence-corrected chi connectivity index (χ0v) is 12.8. The molecule has 0 radical (unpaired) electrons. The van der Waals surface area contributed by atoms with Gasteiger partial charge in [0.05, 0.1) is 0 Å². The van der Waals surface area contributed by atoms with Crippen LogP contribution in [0.4, 0.5) is 0 Å². The lowest BCUT2D eigenvalue weighted by Crippen LogP contribution is -2.20. The van der Waals surface area contributed by atoms with Crippen molar-refractivity contribution in [3.8, 4) is 0 Å². The summed E-state index contributed by atoms with van der Waals surface area (Å²) in [5.74, 6) is 0.316. The van der Waals surface area contributed by atoms with Gasteiger partial charge < -0.3 is 4.74 Å². The second-order valence-corrected chi connectivity index (χ2v) is 9.74. The maximum absolute atomic E-state index is 5.74. The number of rotatable bonds is 0. The van der Waals surface area contributed by atoms with E-state index in [4.69, 9.17) is 4.74 Å². The first kappa shape index (κ1) is 10.9. The molecule has 1 aliphatic heterocycles. The zero-order chi connectivity index (χ0) is 9.69. The lowest BCUT2D eigenvalue weighted by atomic mass is 9.95. The molecule has 2 rings (SSSR count). The van der Waals surface area contributed by atoms with Crippen LogP contribution in [0.1, 0.15) is 6.42 Å². The van der Waals surface area contributed by atoms with Crippen molar-refractivity contribution in [2.45, 2.75) is 13.3 Å². The number of halogens is 4. The largest absolute Gasteiger partial charge is 0.321 e. The molecule has 72 valence electrons. The van der Waals surface area contributed by atoms with Gasteiger partial charge >= 0.3 is 0 Å². The van der Waals surface area contributed by atoms with Gasteiger partial charge in [-0.25, -0.2) is 0 Å². The molecule has 5 heteroatoms. The Labute approximate surface area is 110 Å². The molecule has 0 amide bonds. The molecular formula is C8H6Br4O. The van der Waals surface area contributed by atoms with Gasteiger partial charge in [-0.2, -0.15) is 0 Å². The second-order valence-electron chi connectivity index (χ2n) is 3.02. The molecule has 1 fully saturated rings. The number of hydrogen-bond donors (Lipinski definition) is 0. The Morgan fingerprint density at radius 2 is 2.00 bits per heavy atom. The molecule has 1 atom stereocenters. The fourth-order valence-electron chi connectivity index (χ4n) is 1.55. The predicted octanol–water partition coefficient (Wildman–Crippen LogP) is 4.41. The third-order valence-electron chi connectivity index (χ3n) is 2.17. The Bertz CT molecular complexity index is 293. The van der Waals surface area contributed by atoms with Crippen LogP contribution >= 0.6 is 63.7 Å². The van der Waals surface area contributed by atoms with E-state index in [0.717, 1.165) is 6.42 Å². The smallest absolute Gasteiger partial charge is 0.202 e. The van der Waals surface area contributed by atoms with Crippen molar-refractivity contribution in [3.63, 3.8) is 0 Å². The maximum Gasteiger partial charge on any atom is 0.202 e. The fraction of sp³-hybridized carbons (Fsp3) is 0.500. The lowest BCUT2D eigenvalue weighted by Gasteiger charge is -2.21. The number of fused-ring (bicyclic) bond motifs is 1. The van der Waals surface area contributed by atoms with Crippen LogP contribution in [0.15, 0.2) is 23.8 Å². The first-order chi connectivity index (χ1) is 5.93. The Hall–Kier alpha value is 1.36. The zero-order valence-electron chi connectivity index (χ0n) is 6.44. The monoisotopic (exact) mass is 434 g/mol. The van der Waals surface area contributed by atoms with E-state index in [1.165, 1.54) is 5.57 Å². The van der Waals surface area contributed by atoms with Crippen LogP contribution in [-0.2, 0) is 4.74 Å². The second kappa shape index (κ2) is 3.44. The lowest BCUT2D eigenvalue weighted by molar-refractivity contribution is 0.117. The molecule has 0 aromatic rings. The number of hydrogen-bond acceptors (Lipinski definition) is 1. The van der Waals surface area contributed by atoms with Crippen molar-refractivity contribution in [2.75, 3.05) is 0 Å². The molecule has 1 nitrogen and oxygen atoms in total. The van der Waals surface area contributed by atoms with E-state index in [9.17, 15) is 0 Å². The first-order valence-electron chi connectivity index (χ1n) is 3.76. The molecule has 13 heavy (non-hydrogen) atoms. The quantitative estimate of drug-likeness (QED) is 0.510. The molecule has 1 saturated heterocycles. The van der Waals surface area contributed by atoms with Gasteiger partial charge in [0.2, 0.25) is 3.42 Å². The molecule has 0 bridgehead atoms. The molecule has 0 N–H and O–H groups in total. The third kappa shape index (κ3) is 1.87. The molecule has 0 spiro atoms. The van der Waals surface area contributed by atoms with Crippen LogP contribution in [0.2, 0.25) is 0 Å². The SMILES string of the molecule is BrC1(Br)OC(Br)(Br)C2CC=CC=C21. The number of allylic oxidation sites excluding steroid dienone is 3. The van der Waals surface area contributed by atoms with E-state index in [1.807, 2.05) is 6.08 Å². The van der Waals surface area contributed by atoms with Crippen LogP contribution in [0.25, 0.3) is 0 Å². The van der Waals surface area contributed by atoms with E-state index in [-0.39, 0.29) is 0 Å². The summed E-state index contributed by atoms with van der Waals surface area (Å²) >= 11 is 14.0. The van der Waals surface area contributed by atoms with Gasteiger partial charge in [-0.05, 0) is 75.7 Å². The fourth-order valence-corrected chi connectivity index (χ4v) is 5.10. The van der Waals surface area contributed by atoms with Gasteiger partial charge in [0.1, 0.15) is 0 Å². The highest BCUT2D eigenvalue weighted by Crippen LogP contribution is 2.60. The predicted molar refractivity (Wildman–Crippen MR) is 67.6 cm³/mol. The molecule has 0 aromatic heterocycles. The van der Waals surface area contributed by atoms with E-state index >= 15 is 0 Å². The van der Waals surface area contributed by atoms with Crippen molar-refractivity contribution in [1.29, 1.82) is 0 Å². The summed E-state index contributed by atoms with van der Waals surface area (Å²) in [6.07, 6.45) is 7.23. The third-order valence-corrected chi connectivity index (χ3v) is 4.83. The van der Waals surface area contributed by atoms with Crippen LogP contribution in [0, 0.1) is 5.92 Å². The highest BCUT2D eigenvalue weighted by molar-refractivity contribution is 9.26. The molecule has 1 aliphatic carbocycles. The van der Waals surface area contributed by atoms with Gasteiger partial charge in [-0.1, -0.05) is 18.2 Å². The normalized spacial score (nSPS) is 34.2. The molecule has 0 saturated carbocycles. The molecule has 2 aliphatic rings. The van der Waals surface area contributed by atoms with E-state index in [1.54, 1.807) is 0 Å². The van der Waals surface area contributed by atoms with Crippen LogP contribution in [-0.4, -0.2) is 6.84 Å². The van der Waals surface area contributed by atoms with Gasteiger partial charge in [-0.15, -0.1) is 0 Å². The minimum Gasteiger partial charge on any atom is -0.321 e. The minimum atomic E-state index is -0.539. The summed E-state index contributed by atoms with van der Waals surface area (Å²) in [6, 6.07) is 0. The van der Waals surface area contributed by atoms with Crippen LogP contribution < -0.4 is 0 Å². The van der Waals surface area contributed by atoms with Gasteiger partial charge in [0, 0.05) is 5.92 Å². The van der Waals surface area contributed by atoms with Crippen molar-refractivity contribution in [1.82, 2.24) is 0 Å². The van der Waals surface area contributed by atoms with E-state index in [2.05, 4.69) is 75.9 Å². The Morgan fingerprint density at radius 3 is 2.62 bits per heavy atom. The van der Waals surface area contributed by atoms with Gasteiger partial charge in [0.15, 0.2) is 3.42 Å². The van der Waals surface area contributed by atoms with Crippen molar-refractivity contribution < 1.29 is 4.74 Å². The molecule has 1 heterocycles. The average molecular weight is 438 g/mol. The Kier molecular flexibility index (Phi) is 2.87. The van der Waals surface area contributed by atoms with Crippen molar-refractivity contribution in [3.05, 3.63) is 23.8 Å². The molecule has 1 unspecified atom stereocenters. The minimum absolute atomic E-state index is 0.316. The summed E-state index contributed by atoms with van der Waals surface area (Å²) in [5.41, 5.74) is 1.20. The summed E-state index contributed by atoms with van der Waals surface area (Å²) in [4.78, 5) is 0. The average Bonchev–Trinajstić information content (AvgIpc) is 2.20.